The van der Waals surface area contributed by atoms with Gasteiger partial charge in [-0.25, -0.2) is 4.39 Å². The van der Waals surface area contributed by atoms with Crippen molar-refractivity contribution in [2.45, 2.75) is 6.54 Å². The Hall–Kier alpha value is -1.17. The number of rotatable bonds is 3. The number of anilines is 1. The van der Waals surface area contributed by atoms with Gasteiger partial charge >= 0.3 is 0 Å². The second-order valence-electron chi connectivity index (χ2n) is 4.41. The van der Waals surface area contributed by atoms with Crippen molar-refractivity contribution in [1.29, 1.82) is 0 Å². The topological polar surface area (TPSA) is 30.5 Å². The maximum atomic E-state index is 13.1. The van der Waals surface area contributed by atoms with Gasteiger partial charge in [0.2, 0.25) is 6.79 Å². The third kappa shape index (κ3) is 3.05. The molecule has 2 aromatic rings. The summed E-state index contributed by atoms with van der Waals surface area (Å²) < 4.78 is 24.6. The van der Waals surface area contributed by atoms with Gasteiger partial charge in [-0.05, 0) is 45.8 Å². The second kappa shape index (κ2) is 5.91. The van der Waals surface area contributed by atoms with Gasteiger partial charge in [0.05, 0.1) is 20.2 Å². The summed E-state index contributed by atoms with van der Waals surface area (Å²) in [6.45, 7) is 0.667. The maximum Gasteiger partial charge on any atom is 0.231 e. The first-order valence-corrected chi connectivity index (χ1v) is 7.56. The van der Waals surface area contributed by atoms with Crippen molar-refractivity contribution in [2.75, 3.05) is 12.1 Å². The number of hydrogen-bond acceptors (Lipinski definition) is 3. The van der Waals surface area contributed by atoms with E-state index in [9.17, 15) is 4.39 Å². The van der Waals surface area contributed by atoms with Crippen LogP contribution in [0.3, 0.4) is 0 Å². The summed E-state index contributed by atoms with van der Waals surface area (Å²) in [7, 11) is 0. The van der Waals surface area contributed by atoms with Crippen LogP contribution >= 0.6 is 39.1 Å². The summed E-state index contributed by atoms with van der Waals surface area (Å²) >= 11 is 15.4. The Labute approximate surface area is 139 Å². The van der Waals surface area contributed by atoms with Crippen molar-refractivity contribution in [3.05, 3.63) is 50.2 Å². The van der Waals surface area contributed by atoms with Crippen molar-refractivity contribution < 1.29 is 13.9 Å². The van der Waals surface area contributed by atoms with E-state index in [1.165, 1.54) is 12.1 Å². The van der Waals surface area contributed by atoms with E-state index in [-0.39, 0.29) is 16.8 Å². The lowest BCUT2D eigenvalue weighted by Gasteiger charge is -2.11. The monoisotopic (exact) mass is 391 g/mol. The highest BCUT2D eigenvalue weighted by molar-refractivity contribution is 9.10. The Morgan fingerprint density at radius 1 is 1.14 bits per heavy atom. The molecular weight excluding hydrogens is 384 g/mol. The molecule has 0 bridgehead atoms. The fourth-order valence-electron chi connectivity index (χ4n) is 2.02. The minimum Gasteiger partial charge on any atom is -0.454 e. The molecule has 0 saturated heterocycles. The van der Waals surface area contributed by atoms with Crippen LogP contribution in [0.15, 0.2) is 28.7 Å². The van der Waals surface area contributed by atoms with Crippen LogP contribution in [0.5, 0.6) is 11.5 Å². The standard InChI is InChI=1S/C14H9BrCl2FNO2/c15-9-1-7(2-12-14(9)21-6-20-12)5-19-13-10(16)3-8(18)4-11(13)17/h1-4,19H,5-6H2. The van der Waals surface area contributed by atoms with Crippen molar-refractivity contribution in [1.82, 2.24) is 0 Å². The summed E-state index contributed by atoms with van der Waals surface area (Å²) in [5.41, 5.74) is 1.44. The van der Waals surface area contributed by atoms with E-state index in [0.29, 0.717) is 23.7 Å². The van der Waals surface area contributed by atoms with Gasteiger partial charge in [0.1, 0.15) is 5.82 Å². The molecule has 0 amide bonds. The minimum absolute atomic E-state index is 0.209. The van der Waals surface area contributed by atoms with E-state index in [4.69, 9.17) is 32.7 Å². The summed E-state index contributed by atoms with van der Waals surface area (Å²) in [5, 5.41) is 3.57. The van der Waals surface area contributed by atoms with E-state index in [2.05, 4.69) is 21.2 Å². The van der Waals surface area contributed by atoms with Crippen LogP contribution < -0.4 is 14.8 Å². The Morgan fingerprint density at radius 3 is 2.57 bits per heavy atom. The van der Waals surface area contributed by atoms with Crippen molar-refractivity contribution >= 4 is 44.8 Å². The maximum absolute atomic E-state index is 13.1. The van der Waals surface area contributed by atoms with Gasteiger partial charge in [-0.2, -0.15) is 0 Å². The highest BCUT2D eigenvalue weighted by Gasteiger charge is 2.18. The Balaban J connectivity index is 1.81. The predicted octanol–water partition coefficient (Wildman–Crippen LogP) is 5.24. The van der Waals surface area contributed by atoms with Gasteiger partial charge in [0.25, 0.3) is 0 Å². The highest BCUT2D eigenvalue weighted by Crippen LogP contribution is 2.40. The minimum atomic E-state index is -0.471. The molecule has 0 aliphatic carbocycles. The first-order valence-electron chi connectivity index (χ1n) is 6.01. The Morgan fingerprint density at radius 2 is 1.86 bits per heavy atom. The molecule has 0 radical (unpaired) electrons. The van der Waals surface area contributed by atoms with E-state index in [1.54, 1.807) is 0 Å². The lowest BCUT2D eigenvalue weighted by Crippen LogP contribution is -2.01. The summed E-state index contributed by atoms with van der Waals surface area (Å²) in [5.74, 6) is 0.899. The third-order valence-electron chi connectivity index (χ3n) is 2.96. The molecule has 110 valence electrons. The Bertz CT molecular complexity index is 689. The molecule has 1 N–H and O–H groups in total. The van der Waals surface area contributed by atoms with Crippen molar-refractivity contribution in [3.63, 3.8) is 0 Å². The average Bonchev–Trinajstić information content (AvgIpc) is 2.86. The van der Waals surface area contributed by atoms with Crippen LogP contribution in [0.4, 0.5) is 10.1 Å². The van der Waals surface area contributed by atoms with E-state index in [1.807, 2.05) is 12.1 Å². The fourth-order valence-corrected chi connectivity index (χ4v) is 3.22. The van der Waals surface area contributed by atoms with E-state index in [0.717, 1.165) is 10.0 Å². The van der Waals surface area contributed by atoms with Crippen LogP contribution in [-0.4, -0.2) is 6.79 Å². The second-order valence-corrected chi connectivity index (χ2v) is 6.08. The number of nitrogens with one attached hydrogen (secondary N) is 1. The number of halogens is 4. The van der Waals surface area contributed by atoms with Crippen LogP contribution in [0.1, 0.15) is 5.56 Å². The lowest BCUT2D eigenvalue weighted by molar-refractivity contribution is 0.173. The predicted molar refractivity (Wildman–Crippen MR) is 84.0 cm³/mol. The van der Waals surface area contributed by atoms with Gasteiger partial charge in [-0.1, -0.05) is 23.2 Å². The third-order valence-corrected chi connectivity index (χ3v) is 4.15. The van der Waals surface area contributed by atoms with Gasteiger partial charge in [-0.15, -0.1) is 0 Å². The SMILES string of the molecule is Fc1cc(Cl)c(NCc2cc(Br)c3c(c2)OCO3)c(Cl)c1. The number of benzene rings is 2. The molecule has 1 aliphatic heterocycles. The molecule has 7 heteroatoms. The zero-order valence-electron chi connectivity index (χ0n) is 10.6. The van der Waals surface area contributed by atoms with E-state index < -0.39 is 5.82 Å². The molecule has 0 aromatic heterocycles. The van der Waals surface area contributed by atoms with Gasteiger partial charge in [0.15, 0.2) is 11.5 Å². The molecule has 0 saturated carbocycles. The fraction of sp³-hybridized carbons (Fsp3) is 0.143. The van der Waals surface area contributed by atoms with Crippen LogP contribution in [0.2, 0.25) is 10.0 Å². The number of hydrogen-bond donors (Lipinski definition) is 1. The molecule has 0 fully saturated rings. The van der Waals surface area contributed by atoms with Crippen LogP contribution in [0, 0.1) is 5.82 Å². The molecular formula is C14H9BrCl2FNO2. The van der Waals surface area contributed by atoms with Gasteiger partial charge in [-0.3, -0.25) is 0 Å². The molecule has 1 aliphatic rings. The zero-order valence-corrected chi connectivity index (χ0v) is 13.6. The summed E-state index contributed by atoms with van der Waals surface area (Å²) in [4.78, 5) is 0. The first-order chi connectivity index (χ1) is 10.0. The largest absolute Gasteiger partial charge is 0.454 e. The lowest BCUT2D eigenvalue weighted by atomic mass is 10.2. The normalized spacial score (nSPS) is 12.6. The molecule has 3 nitrogen and oxygen atoms in total. The number of ether oxygens (including phenoxy) is 2. The van der Waals surface area contributed by atoms with E-state index >= 15 is 0 Å². The van der Waals surface area contributed by atoms with Crippen molar-refractivity contribution in [2.24, 2.45) is 0 Å². The van der Waals surface area contributed by atoms with Crippen LogP contribution in [-0.2, 0) is 6.54 Å². The molecule has 2 aromatic carbocycles. The average molecular weight is 393 g/mol. The quantitative estimate of drug-likeness (QED) is 0.775. The first kappa shape index (κ1) is 14.8. The summed E-state index contributed by atoms with van der Waals surface area (Å²) in [6.07, 6.45) is 0. The molecule has 1 heterocycles. The van der Waals surface area contributed by atoms with Crippen LogP contribution in [0.25, 0.3) is 0 Å². The highest BCUT2D eigenvalue weighted by atomic mass is 79.9. The molecule has 3 rings (SSSR count). The Kier molecular flexibility index (Phi) is 4.15. The van der Waals surface area contributed by atoms with Crippen molar-refractivity contribution in [3.8, 4) is 11.5 Å². The molecule has 21 heavy (non-hydrogen) atoms. The molecule has 0 atom stereocenters. The van der Waals surface area contributed by atoms with Gasteiger partial charge < -0.3 is 14.8 Å². The number of fused-ring (bicyclic) bond motifs is 1. The molecule has 0 unspecified atom stereocenters. The summed E-state index contributed by atoms with van der Waals surface area (Å²) in [6, 6.07) is 6.20. The smallest absolute Gasteiger partial charge is 0.231 e. The zero-order chi connectivity index (χ0) is 15.0. The molecule has 0 spiro atoms. The van der Waals surface area contributed by atoms with Gasteiger partial charge in [0, 0.05) is 6.54 Å².